The molecule has 2 nitrogen and oxygen atoms in total. The van der Waals surface area contributed by atoms with Gasteiger partial charge in [-0.3, -0.25) is 0 Å². The van der Waals surface area contributed by atoms with Crippen LogP contribution >= 0.6 is 0 Å². The molecule has 0 aromatic heterocycles. The van der Waals surface area contributed by atoms with Crippen LogP contribution in [-0.2, 0) is 0 Å². The summed E-state index contributed by atoms with van der Waals surface area (Å²) in [4.78, 5) is 2.61. The van der Waals surface area contributed by atoms with Crippen LogP contribution in [0.2, 0.25) is 0 Å². The molecular formula is C57H67N2+. The fourth-order valence-electron chi connectivity index (χ4n) is 10.3. The molecule has 2 heteroatoms. The summed E-state index contributed by atoms with van der Waals surface area (Å²) in [6, 6.07) is 38.2. The minimum Gasteiger partial charge on any atom is -0.229 e. The lowest BCUT2D eigenvalue weighted by Gasteiger charge is -2.26. The van der Waals surface area contributed by atoms with Crippen molar-refractivity contribution in [2.24, 2.45) is 0 Å². The highest BCUT2D eigenvalue weighted by Gasteiger charge is 2.35. The van der Waals surface area contributed by atoms with Gasteiger partial charge in [-0.2, -0.15) is 0 Å². The Labute approximate surface area is 356 Å². The first-order valence-corrected chi connectivity index (χ1v) is 22.0. The number of hydrogen-bond donors (Lipinski definition) is 0. The van der Waals surface area contributed by atoms with Crippen LogP contribution in [0, 0.1) is 69.2 Å². The second kappa shape index (κ2) is 16.8. The van der Waals surface area contributed by atoms with Crippen LogP contribution in [0.4, 0.5) is 11.4 Å². The van der Waals surface area contributed by atoms with Crippen LogP contribution in [-0.4, -0.2) is 24.0 Å². The van der Waals surface area contributed by atoms with Gasteiger partial charge in [-0.25, -0.2) is 9.48 Å². The summed E-state index contributed by atoms with van der Waals surface area (Å²) in [5.74, 6) is 0.873. The second-order valence-corrected chi connectivity index (χ2v) is 18.7. The highest BCUT2D eigenvalue weighted by Crippen LogP contribution is 2.45. The summed E-state index contributed by atoms with van der Waals surface area (Å²) in [7, 11) is 0. The molecule has 59 heavy (non-hydrogen) atoms. The van der Waals surface area contributed by atoms with Gasteiger partial charge in [0.25, 0.3) is 0 Å². The third-order valence-corrected chi connectivity index (χ3v) is 12.9. The van der Waals surface area contributed by atoms with Crippen LogP contribution in [0.15, 0.2) is 97.1 Å². The molecule has 1 aliphatic rings. The minimum atomic E-state index is 0.218. The standard InChI is InChI=1S/C57H67N2/c1-34-17-35(2)22-48(21-34)44(11)52-29-42(9)30-53(45(12)49-23-36(3)18-37(4)24-49)56(52)58-15-16-59(33-58)57-54(46(13)50-25-38(5)19-39(6)26-50)31-43(10)32-55(57)47(14)51-27-40(7)20-41(8)28-51/h17-33,44-47H,15-16H2,1-14H3/q+1. The Morgan fingerprint density at radius 1 is 0.356 bits per heavy atom. The fourth-order valence-corrected chi connectivity index (χ4v) is 10.3. The molecule has 0 bridgehead atoms. The van der Waals surface area contributed by atoms with Gasteiger partial charge < -0.3 is 0 Å². The van der Waals surface area contributed by atoms with Crippen LogP contribution in [0.1, 0.15) is 152 Å². The Morgan fingerprint density at radius 3 is 0.915 bits per heavy atom. The van der Waals surface area contributed by atoms with Crippen molar-refractivity contribution in [1.29, 1.82) is 0 Å². The molecule has 6 aromatic rings. The highest BCUT2D eigenvalue weighted by atomic mass is 15.3. The maximum atomic E-state index is 2.61. The number of nitrogens with zero attached hydrogens (tertiary/aromatic N) is 2. The van der Waals surface area contributed by atoms with Crippen molar-refractivity contribution in [3.8, 4) is 0 Å². The lowest BCUT2D eigenvalue weighted by Crippen LogP contribution is -2.23. The fraction of sp³-hybridized carbons (Fsp3) is 0.351. The lowest BCUT2D eigenvalue weighted by atomic mass is 9.82. The molecule has 0 spiro atoms. The first kappa shape index (κ1) is 41.9. The van der Waals surface area contributed by atoms with E-state index in [0.717, 1.165) is 13.1 Å². The molecule has 4 atom stereocenters. The van der Waals surface area contributed by atoms with Crippen molar-refractivity contribution in [3.05, 3.63) is 197 Å². The number of hydrogen-bond acceptors (Lipinski definition) is 1. The molecule has 0 N–H and O–H groups in total. The summed E-state index contributed by atoms with van der Waals surface area (Å²) in [6.45, 7) is 33.9. The molecule has 0 aliphatic carbocycles. The Morgan fingerprint density at radius 2 is 0.610 bits per heavy atom. The topological polar surface area (TPSA) is 6.25 Å². The number of rotatable bonds is 10. The number of aryl methyl sites for hydroxylation is 10. The average Bonchev–Trinajstić information content (AvgIpc) is 3.64. The SMILES string of the molecule is Cc1cc(C)cc(C(C)c2cc(C)cc(C(C)c3cc(C)cc(C)c3)c2N2C=[N+](c3c(C(C)c4cc(C)cc(C)c4)cc(C)cc3C(C)c3cc(C)cc(C)c3)CC2)c1. The van der Waals surface area contributed by atoms with Crippen molar-refractivity contribution >= 4 is 17.7 Å². The molecule has 1 aliphatic heterocycles. The van der Waals surface area contributed by atoms with Crippen molar-refractivity contribution in [2.45, 2.75) is 121 Å². The van der Waals surface area contributed by atoms with Crippen molar-refractivity contribution in [3.63, 3.8) is 0 Å². The van der Waals surface area contributed by atoms with E-state index in [1.165, 1.54) is 112 Å². The van der Waals surface area contributed by atoms with Gasteiger partial charge in [-0.1, -0.05) is 180 Å². The zero-order valence-electron chi connectivity index (χ0n) is 38.4. The van der Waals surface area contributed by atoms with Crippen LogP contribution < -0.4 is 4.90 Å². The Bertz CT molecular complexity index is 2350. The van der Waals surface area contributed by atoms with E-state index in [2.05, 4.69) is 210 Å². The van der Waals surface area contributed by atoms with Crippen LogP contribution in [0.25, 0.3) is 0 Å². The van der Waals surface area contributed by atoms with Gasteiger partial charge in [0.1, 0.15) is 24.5 Å². The monoisotopic (exact) mass is 780 g/mol. The predicted molar refractivity (Wildman–Crippen MR) is 254 cm³/mol. The maximum Gasteiger partial charge on any atom is 0.244 e. The minimum absolute atomic E-state index is 0.218. The largest absolute Gasteiger partial charge is 0.244 e. The van der Waals surface area contributed by atoms with E-state index < -0.39 is 0 Å². The molecule has 1 heterocycles. The Kier molecular flexibility index (Phi) is 11.9. The van der Waals surface area contributed by atoms with E-state index in [4.69, 9.17) is 0 Å². The zero-order valence-corrected chi connectivity index (χ0v) is 38.4. The smallest absolute Gasteiger partial charge is 0.229 e. The van der Waals surface area contributed by atoms with Gasteiger partial charge >= 0.3 is 0 Å². The molecule has 0 amide bonds. The van der Waals surface area contributed by atoms with Gasteiger partial charge in [0, 0.05) is 45.9 Å². The van der Waals surface area contributed by atoms with Gasteiger partial charge in [-0.05, 0) is 91.5 Å². The predicted octanol–water partition coefficient (Wildman–Crippen LogP) is 14.6. The van der Waals surface area contributed by atoms with Gasteiger partial charge in [0.05, 0.1) is 0 Å². The molecule has 7 rings (SSSR count). The molecule has 4 unspecified atom stereocenters. The van der Waals surface area contributed by atoms with Crippen molar-refractivity contribution < 1.29 is 4.58 Å². The zero-order chi connectivity index (χ0) is 42.4. The first-order valence-electron chi connectivity index (χ1n) is 22.0. The number of anilines is 1. The highest BCUT2D eigenvalue weighted by molar-refractivity contribution is 5.84. The molecule has 0 fully saturated rings. The molecular weight excluding hydrogens is 713 g/mol. The molecule has 6 aromatic carbocycles. The number of benzene rings is 6. The van der Waals surface area contributed by atoms with E-state index in [1.807, 2.05) is 0 Å². The van der Waals surface area contributed by atoms with Gasteiger partial charge in [-0.15, -0.1) is 0 Å². The van der Waals surface area contributed by atoms with E-state index in [0.29, 0.717) is 0 Å². The third kappa shape index (κ3) is 8.89. The lowest BCUT2D eigenvalue weighted by molar-refractivity contribution is -0.425. The molecule has 0 radical (unpaired) electrons. The van der Waals surface area contributed by atoms with E-state index >= 15 is 0 Å². The summed E-state index contributed by atoms with van der Waals surface area (Å²) < 4.78 is 2.61. The van der Waals surface area contributed by atoms with E-state index in [-0.39, 0.29) is 23.7 Å². The normalized spacial score (nSPS) is 14.9. The second-order valence-electron chi connectivity index (χ2n) is 18.7. The van der Waals surface area contributed by atoms with Crippen molar-refractivity contribution in [1.82, 2.24) is 0 Å². The Hall–Kier alpha value is -5.21. The summed E-state index contributed by atoms with van der Waals surface area (Å²) in [5.41, 5.74) is 27.0. The van der Waals surface area contributed by atoms with Crippen LogP contribution in [0.3, 0.4) is 0 Å². The molecule has 0 saturated carbocycles. The van der Waals surface area contributed by atoms with Crippen molar-refractivity contribution in [2.75, 3.05) is 18.0 Å². The van der Waals surface area contributed by atoms with E-state index in [1.54, 1.807) is 0 Å². The summed E-state index contributed by atoms with van der Waals surface area (Å²) >= 11 is 0. The summed E-state index contributed by atoms with van der Waals surface area (Å²) in [6.07, 6.45) is 2.47. The molecule has 304 valence electrons. The summed E-state index contributed by atoms with van der Waals surface area (Å²) in [5, 5.41) is 0. The average molecular weight is 780 g/mol. The van der Waals surface area contributed by atoms with E-state index in [9.17, 15) is 0 Å². The third-order valence-electron chi connectivity index (χ3n) is 12.9. The maximum absolute atomic E-state index is 2.61. The molecule has 0 saturated heterocycles. The van der Waals surface area contributed by atoms with Gasteiger partial charge in [0.15, 0.2) is 0 Å². The first-order chi connectivity index (χ1) is 27.9. The van der Waals surface area contributed by atoms with Crippen LogP contribution in [0.5, 0.6) is 0 Å². The quantitative estimate of drug-likeness (QED) is 0.126. The van der Waals surface area contributed by atoms with Gasteiger partial charge in [0.2, 0.25) is 6.34 Å². The Balaban J connectivity index is 1.47.